The fourth-order valence-corrected chi connectivity index (χ4v) is 3.04. The van der Waals surface area contributed by atoms with Gasteiger partial charge in [-0.2, -0.15) is 0 Å². The highest BCUT2D eigenvalue weighted by atomic mass is 31.2. The molecule has 0 saturated heterocycles. The van der Waals surface area contributed by atoms with E-state index in [4.69, 9.17) is 5.11 Å². The molecule has 0 spiro atoms. The van der Waals surface area contributed by atoms with Gasteiger partial charge in [-0.25, -0.2) is 4.57 Å². The molecule has 0 rings (SSSR count). The minimum Gasteiger partial charge on any atom is -0.392 e. The molecule has 0 saturated carbocycles. The predicted molar refractivity (Wildman–Crippen MR) is 118 cm³/mol. The van der Waals surface area contributed by atoms with Crippen molar-refractivity contribution in [3.63, 3.8) is 0 Å². The van der Waals surface area contributed by atoms with Crippen LogP contribution in [0.5, 0.6) is 0 Å². The van der Waals surface area contributed by atoms with Crippen LogP contribution >= 0.6 is 7.60 Å². The second kappa shape index (κ2) is 18.6. The highest BCUT2D eigenvalue weighted by Crippen LogP contribution is 2.41. The van der Waals surface area contributed by atoms with Crippen LogP contribution in [-0.4, -0.2) is 60.9 Å². The molecular weight excluding hydrogens is 377 g/mol. The molecule has 0 aromatic heterocycles. The van der Waals surface area contributed by atoms with Crippen molar-refractivity contribution in [2.45, 2.75) is 90.9 Å². The van der Waals surface area contributed by atoms with Crippen LogP contribution in [0.2, 0.25) is 0 Å². The van der Waals surface area contributed by atoms with Gasteiger partial charge < -0.3 is 19.0 Å². The second-order valence-electron chi connectivity index (χ2n) is 8.44. The lowest BCUT2D eigenvalue weighted by molar-refractivity contribution is -0.870. The van der Waals surface area contributed by atoms with E-state index in [1.807, 2.05) is 0 Å². The van der Waals surface area contributed by atoms with Gasteiger partial charge in [0.25, 0.3) is 0 Å². The van der Waals surface area contributed by atoms with E-state index in [-0.39, 0.29) is 19.2 Å². The number of unbranched alkanes of at least 4 members (excludes halogenated alkanes) is 10. The zero-order valence-electron chi connectivity index (χ0n) is 19.1. The molecule has 6 nitrogen and oxygen atoms in total. The second-order valence-corrected chi connectivity index (χ2v) is 10.5. The van der Waals surface area contributed by atoms with Crippen LogP contribution in [0.15, 0.2) is 0 Å². The Morgan fingerprint density at radius 2 is 1.29 bits per heavy atom. The number of nitrogens with zero attached hydrogens (tertiary/aromatic N) is 1. The van der Waals surface area contributed by atoms with Gasteiger partial charge in [0.1, 0.15) is 6.54 Å². The van der Waals surface area contributed by atoms with E-state index < -0.39 is 13.6 Å². The Kier molecular flexibility index (Phi) is 19.8. The fraction of sp³-hybridized carbons (Fsp3) is 0.952. The van der Waals surface area contributed by atoms with Crippen LogP contribution in [-0.2, 0) is 13.9 Å². The third kappa shape index (κ3) is 25.6. The molecule has 0 aliphatic rings. The van der Waals surface area contributed by atoms with Crippen LogP contribution < -0.4 is 0 Å². The quantitative estimate of drug-likeness (QED) is 0.204. The molecule has 1 unspecified atom stereocenters. The summed E-state index contributed by atoms with van der Waals surface area (Å²) in [5.41, 5.74) is 0. The third-order valence-electron chi connectivity index (χ3n) is 4.40. The molecule has 7 heteroatoms. The SMILES string of the molecule is CCCCCCCCCCCCCC(=O)OP(=O)(O)CC.C[N+](C)(C)CCO. The van der Waals surface area contributed by atoms with Gasteiger partial charge in [0.05, 0.1) is 33.9 Å². The number of aliphatic hydroxyl groups is 1. The van der Waals surface area contributed by atoms with E-state index >= 15 is 0 Å². The van der Waals surface area contributed by atoms with Crippen molar-refractivity contribution < 1.29 is 28.4 Å². The number of rotatable bonds is 16. The molecule has 0 heterocycles. The molecule has 170 valence electrons. The highest BCUT2D eigenvalue weighted by Gasteiger charge is 2.20. The summed E-state index contributed by atoms with van der Waals surface area (Å²) in [5, 5.41) is 8.39. The standard InChI is InChI=1S/C16H33O4P.C5H14NO/c1-3-5-6-7-8-9-10-11-12-13-14-15-16(17)20-21(18,19)4-2;1-6(2,3)4-5-7/h3-15H2,1-2H3,(H,18,19);7H,4-5H2,1-3H3/q;+1. The Labute approximate surface area is 173 Å². The average molecular weight is 425 g/mol. The minimum atomic E-state index is -3.66. The van der Waals surface area contributed by atoms with E-state index in [9.17, 15) is 14.3 Å². The lowest BCUT2D eigenvalue weighted by Crippen LogP contribution is -2.36. The fourth-order valence-electron chi connectivity index (χ4n) is 2.50. The van der Waals surface area contributed by atoms with Crippen molar-refractivity contribution in [3.05, 3.63) is 0 Å². The van der Waals surface area contributed by atoms with Gasteiger partial charge >= 0.3 is 13.6 Å². The smallest absolute Gasteiger partial charge is 0.378 e. The summed E-state index contributed by atoms with van der Waals surface area (Å²) in [5.74, 6) is -0.543. The van der Waals surface area contributed by atoms with Crippen LogP contribution in [0, 0.1) is 0 Å². The van der Waals surface area contributed by atoms with Crippen LogP contribution in [0.4, 0.5) is 0 Å². The number of carbonyl (C=O) groups excluding carboxylic acids is 1. The first-order valence-corrected chi connectivity index (χ1v) is 12.8. The molecule has 1 atom stereocenters. The number of likely N-dealkylation sites (N-methyl/N-ethyl adjacent to an activating group) is 1. The van der Waals surface area contributed by atoms with Crippen molar-refractivity contribution in [2.24, 2.45) is 0 Å². The lowest BCUT2D eigenvalue weighted by Gasteiger charge is -2.21. The summed E-state index contributed by atoms with van der Waals surface area (Å²) in [7, 11) is 2.49. The topological polar surface area (TPSA) is 83.8 Å². The summed E-state index contributed by atoms with van der Waals surface area (Å²) < 4.78 is 16.6. The lowest BCUT2D eigenvalue weighted by atomic mass is 10.1. The zero-order valence-corrected chi connectivity index (χ0v) is 20.0. The molecule has 0 aromatic rings. The summed E-state index contributed by atoms with van der Waals surface area (Å²) in [6.07, 6.45) is 13.6. The van der Waals surface area contributed by atoms with Crippen molar-refractivity contribution in [1.82, 2.24) is 0 Å². The third-order valence-corrected chi connectivity index (χ3v) is 5.69. The number of hydrogen-bond donors (Lipinski definition) is 2. The van der Waals surface area contributed by atoms with E-state index in [1.54, 1.807) is 0 Å². The van der Waals surface area contributed by atoms with E-state index in [0.717, 1.165) is 30.3 Å². The largest absolute Gasteiger partial charge is 0.392 e. The van der Waals surface area contributed by atoms with Crippen molar-refractivity contribution in [2.75, 3.05) is 40.5 Å². The maximum atomic E-state index is 11.3. The normalized spacial score (nSPS) is 13.4. The maximum Gasteiger partial charge on any atom is 0.378 e. The van der Waals surface area contributed by atoms with Gasteiger partial charge in [0, 0.05) is 6.42 Å². The number of hydrogen-bond acceptors (Lipinski definition) is 4. The Bertz CT molecular complexity index is 410. The van der Waals surface area contributed by atoms with Gasteiger partial charge in [0.15, 0.2) is 0 Å². The van der Waals surface area contributed by atoms with Crippen LogP contribution in [0.1, 0.15) is 90.9 Å². The number of carbonyl (C=O) groups is 1. The maximum absolute atomic E-state index is 11.3. The van der Waals surface area contributed by atoms with E-state index in [2.05, 4.69) is 32.6 Å². The summed E-state index contributed by atoms with van der Waals surface area (Å²) in [6, 6.07) is 0. The molecule has 2 N–H and O–H groups in total. The zero-order chi connectivity index (χ0) is 21.9. The molecule has 0 fully saturated rings. The predicted octanol–water partition coefficient (Wildman–Crippen LogP) is 5.12. The highest BCUT2D eigenvalue weighted by molar-refractivity contribution is 7.53. The molecular formula is C21H47NO5P+. The van der Waals surface area contributed by atoms with Crippen LogP contribution in [0.3, 0.4) is 0 Å². The Balaban J connectivity index is 0. The molecule has 0 aliphatic carbocycles. The van der Waals surface area contributed by atoms with Crippen molar-refractivity contribution in [1.29, 1.82) is 0 Å². The van der Waals surface area contributed by atoms with Crippen molar-refractivity contribution in [3.8, 4) is 0 Å². The Hall–Kier alpha value is -0.420. The first-order valence-electron chi connectivity index (χ1n) is 11.0. The van der Waals surface area contributed by atoms with E-state index in [0.29, 0.717) is 0 Å². The first-order chi connectivity index (χ1) is 13.1. The van der Waals surface area contributed by atoms with E-state index in [1.165, 1.54) is 58.3 Å². The van der Waals surface area contributed by atoms with Gasteiger partial charge in [-0.3, -0.25) is 4.79 Å². The molecule has 0 radical (unpaired) electrons. The van der Waals surface area contributed by atoms with Crippen molar-refractivity contribution >= 4 is 13.6 Å². The molecule has 0 aromatic carbocycles. The van der Waals surface area contributed by atoms with Gasteiger partial charge in [-0.1, -0.05) is 78.1 Å². The molecule has 0 bridgehead atoms. The van der Waals surface area contributed by atoms with Crippen LogP contribution in [0.25, 0.3) is 0 Å². The van der Waals surface area contributed by atoms with Gasteiger partial charge in [-0.15, -0.1) is 0 Å². The molecule has 28 heavy (non-hydrogen) atoms. The minimum absolute atomic E-state index is 0.0169. The Morgan fingerprint density at radius 1 is 0.857 bits per heavy atom. The summed E-state index contributed by atoms with van der Waals surface area (Å²) >= 11 is 0. The Morgan fingerprint density at radius 3 is 1.61 bits per heavy atom. The summed E-state index contributed by atoms with van der Waals surface area (Å²) in [4.78, 5) is 20.5. The first kappa shape index (κ1) is 29.8. The summed E-state index contributed by atoms with van der Waals surface area (Å²) in [6.45, 7) is 4.89. The molecule has 0 amide bonds. The van der Waals surface area contributed by atoms with Gasteiger partial charge in [0.2, 0.25) is 0 Å². The molecule has 0 aliphatic heterocycles. The monoisotopic (exact) mass is 424 g/mol. The average Bonchev–Trinajstić information content (AvgIpc) is 2.59. The van der Waals surface area contributed by atoms with Gasteiger partial charge in [-0.05, 0) is 6.42 Å². The number of aliphatic hydroxyl groups excluding tert-OH is 1. The number of quaternary nitrogens is 1.